The summed E-state index contributed by atoms with van der Waals surface area (Å²) in [6, 6.07) is 6.99. The zero-order valence-corrected chi connectivity index (χ0v) is 13.8. The van der Waals surface area contributed by atoms with Gasteiger partial charge in [0.25, 0.3) is 0 Å². The molecule has 4 N–H and O–H groups in total. The third-order valence-electron chi connectivity index (χ3n) is 4.49. The fourth-order valence-electron chi connectivity index (χ4n) is 3.28. The molecule has 2 rings (SSSR count). The van der Waals surface area contributed by atoms with Gasteiger partial charge in [0, 0.05) is 6.04 Å². The molecular formula is C18H27N3O2. The van der Waals surface area contributed by atoms with Crippen LogP contribution in [0.2, 0.25) is 0 Å². The van der Waals surface area contributed by atoms with Crippen LogP contribution in [0.1, 0.15) is 62.1 Å². The number of benzene rings is 1. The molecule has 0 bridgehead atoms. The van der Waals surface area contributed by atoms with E-state index < -0.39 is 6.03 Å². The first-order chi connectivity index (χ1) is 11.1. The maximum atomic E-state index is 12.4. The number of aryl methyl sites for hydroxylation is 1. The lowest BCUT2D eigenvalue weighted by atomic mass is 9.98. The van der Waals surface area contributed by atoms with E-state index in [-0.39, 0.29) is 24.4 Å². The number of rotatable bonds is 5. The highest BCUT2D eigenvalue weighted by atomic mass is 16.2. The van der Waals surface area contributed by atoms with Crippen LogP contribution in [0.25, 0.3) is 0 Å². The largest absolute Gasteiger partial charge is 0.353 e. The van der Waals surface area contributed by atoms with Crippen molar-refractivity contribution < 1.29 is 9.59 Å². The molecule has 3 amide bonds. The molecule has 0 saturated heterocycles. The minimum absolute atomic E-state index is 0.0288. The van der Waals surface area contributed by atoms with Gasteiger partial charge in [0.05, 0.1) is 12.5 Å². The van der Waals surface area contributed by atoms with Gasteiger partial charge in [-0.25, -0.2) is 4.79 Å². The molecule has 23 heavy (non-hydrogen) atoms. The Bertz CT molecular complexity index is 537. The first kappa shape index (κ1) is 17.3. The maximum Gasteiger partial charge on any atom is 0.312 e. The Morgan fingerprint density at radius 3 is 2.43 bits per heavy atom. The highest BCUT2D eigenvalue weighted by Gasteiger charge is 2.21. The lowest BCUT2D eigenvalue weighted by Crippen LogP contribution is -2.39. The van der Waals surface area contributed by atoms with Crippen LogP contribution in [0.15, 0.2) is 24.3 Å². The number of amides is 3. The van der Waals surface area contributed by atoms with Crippen LogP contribution in [-0.4, -0.2) is 18.0 Å². The zero-order chi connectivity index (χ0) is 16.7. The molecule has 5 nitrogen and oxygen atoms in total. The Balaban J connectivity index is 2.00. The van der Waals surface area contributed by atoms with Gasteiger partial charge < -0.3 is 16.4 Å². The molecule has 1 aliphatic carbocycles. The smallest absolute Gasteiger partial charge is 0.312 e. The van der Waals surface area contributed by atoms with Crippen LogP contribution in [0.5, 0.6) is 0 Å². The Kier molecular flexibility index (Phi) is 6.44. The van der Waals surface area contributed by atoms with Gasteiger partial charge in [-0.1, -0.05) is 49.9 Å². The summed E-state index contributed by atoms with van der Waals surface area (Å²) in [5.74, 6) is -0.0288. The summed E-state index contributed by atoms with van der Waals surface area (Å²) >= 11 is 0. The highest BCUT2D eigenvalue weighted by molar-refractivity contribution is 5.79. The predicted octanol–water partition coefficient (Wildman–Crippen LogP) is 2.93. The lowest BCUT2D eigenvalue weighted by molar-refractivity contribution is -0.122. The number of hydrogen-bond acceptors (Lipinski definition) is 2. The highest BCUT2D eigenvalue weighted by Crippen LogP contribution is 2.22. The standard InChI is InChI=1S/C18H27N3O2/c1-13-8-6-7-11-15(13)16(21-18(19)23)12-17(22)20-14-9-4-2-3-5-10-14/h6-8,11,14,16H,2-5,9-10,12H2,1H3,(H,20,22)(H3,19,21,23)/t16-/m0/s1. The van der Waals surface area contributed by atoms with Crippen LogP contribution < -0.4 is 16.4 Å². The van der Waals surface area contributed by atoms with Crippen LogP contribution >= 0.6 is 0 Å². The number of nitrogens with one attached hydrogen (secondary N) is 2. The van der Waals surface area contributed by atoms with Crippen molar-refractivity contribution in [2.24, 2.45) is 5.73 Å². The van der Waals surface area contributed by atoms with Gasteiger partial charge in [0.15, 0.2) is 0 Å². The van der Waals surface area contributed by atoms with Gasteiger partial charge >= 0.3 is 6.03 Å². The van der Waals surface area contributed by atoms with Gasteiger partial charge in [-0.15, -0.1) is 0 Å². The van der Waals surface area contributed by atoms with E-state index >= 15 is 0 Å². The van der Waals surface area contributed by atoms with E-state index in [1.807, 2.05) is 31.2 Å². The van der Waals surface area contributed by atoms with Crippen LogP contribution in [0.4, 0.5) is 4.79 Å². The van der Waals surface area contributed by atoms with Crippen molar-refractivity contribution in [2.75, 3.05) is 0 Å². The molecule has 0 heterocycles. The summed E-state index contributed by atoms with van der Waals surface area (Å²) in [5, 5.41) is 5.82. The quantitative estimate of drug-likeness (QED) is 0.729. The molecule has 0 radical (unpaired) electrons. The summed E-state index contributed by atoms with van der Waals surface area (Å²) in [7, 11) is 0. The molecule has 126 valence electrons. The molecule has 5 heteroatoms. The molecule has 1 aromatic rings. The monoisotopic (exact) mass is 317 g/mol. The van der Waals surface area contributed by atoms with E-state index in [1.165, 1.54) is 25.7 Å². The zero-order valence-electron chi connectivity index (χ0n) is 13.8. The SMILES string of the molecule is Cc1ccccc1[C@H](CC(=O)NC1CCCCCC1)NC(N)=O. The van der Waals surface area contributed by atoms with E-state index in [4.69, 9.17) is 5.73 Å². The second-order valence-electron chi connectivity index (χ2n) is 6.38. The third-order valence-corrected chi connectivity index (χ3v) is 4.49. The second kappa shape index (κ2) is 8.56. The molecule has 1 aliphatic rings. The average Bonchev–Trinajstić information content (AvgIpc) is 2.75. The van der Waals surface area contributed by atoms with Crippen LogP contribution in [0, 0.1) is 6.92 Å². The second-order valence-corrected chi connectivity index (χ2v) is 6.38. The summed E-state index contributed by atoms with van der Waals surface area (Å²) in [5.41, 5.74) is 7.25. The van der Waals surface area contributed by atoms with Crippen molar-refractivity contribution in [1.29, 1.82) is 0 Å². The molecule has 0 unspecified atom stereocenters. The third kappa shape index (κ3) is 5.58. The van der Waals surface area contributed by atoms with E-state index in [1.54, 1.807) is 0 Å². The van der Waals surface area contributed by atoms with E-state index in [0.717, 1.165) is 24.0 Å². The van der Waals surface area contributed by atoms with Crippen molar-refractivity contribution in [3.05, 3.63) is 35.4 Å². The van der Waals surface area contributed by atoms with Gasteiger partial charge in [-0.2, -0.15) is 0 Å². The van der Waals surface area contributed by atoms with Crippen molar-refractivity contribution in [2.45, 2.75) is 64.0 Å². The number of primary amides is 1. The lowest BCUT2D eigenvalue weighted by Gasteiger charge is -2.22. The Morgan fingerprint density at radius 2 is 1.83 bits per heavy atom. The average molecular weight is 317 g/mol. The van der Waals surface area contributed by atoms with E-state index in [9.17, 15) is 9.59 Å². The van der Waals surface area contributed by atoms with Gasteiger partial charge in [0.1, 0.15) is 0 Å². The number of hydrogen-bond donors (Lipinski definition) is 3. The minimum atomic E-state index is -0.611. The van der Waals surface area contributed by atoms with Gasteiger partial charge in [-0.05, 0) is 30.9 Å². The summed E-state index contributed by atoms with van der Waals surface area (Å²) in [6.07, 6.45) is 7.15. The maximum absolute atomic E-state index is 12.4. The summed E-state index contributed by atoms with van der Waals surface area (Å²) in [6.45, 7) is 1.97. The molecule has 1 atom stereocenters. The Hall–Kier alpha value is -2.04. The molecule has 0 aliphatic heterocycles. The van der Waals surface area contributed by atoms with Crippen molar-refractivity contribution in [3.8, 4) is 0 Å². The van der Waals surface area contributed by atoms with Gasteiger partial charge in [-0.3, -0.25) is 4.79 Å². The topological polar surface area (TPSA) is 84.2 Å². The molecule has 0 aromatic heterocycles. The molecular weight excluding hydrogens is 290 g/mol. The normalized spacial score (nSPS) is 17.1. The Morgan fingerprint density at radius 1 is 1.17 bits per heavy atom. The predicted molar refractivity (Wildman–Crippen MR) is 90.9 cm³/mol. The first-order valence-electron chi connectivity index (χ1n) is 8.47. The number of carbonyl (C=O) groups is 2. The number of carbonyl (C=O) groups excluding carboxylic acids is 2. The molecule has 1 fully saturated rings. The van der Waals surface area contributed by atoms with Crippen molar-refractivity contribution in [1.82, 2.24) is 10.6 Å². The number of urea groups is 1. The molecule has 0 spiro atoms. The van der Waals surface area contributed by atoms with Crippen molar-refractivity contribution >= 4 is 11.9 Å². The minimum Gasteiger partial charge on any atom is -0.353 e. The first-order valence-corrected chi connectivity index (χ1v) is 8.47. The van der Waals surface area contributed by atoms with Crippen molar-refractivity contribution in [3.63, 3.8) is 0 Å². The van der Waals surface area contributed by atoms with E-state index in [0.29, 0.717) is 0 Å². The fourth-order valence-corrected chi connectivity index (χ4v) is 3.28. The Labute approximate surface area is 138 Å². The molecule has 1 saturated carbocycles. The van der Waals surface area contributed by atoms with Crippen LogP contribution in [0.3, 0.4) is 0 Å². The summed E-state index contributed by atoms with van der Waals surface area (Å²) < 4.78 is 0. The van der Waals surface area contributed by atoms with E-state index in [2.05, 4.69) is 10.6 Å². The number of nitrogens with two attached hydrogens (primary N) is 1. The molecule has 1 aromatic carbocycles. The van der Waals surface area contributed by atoms with Crippen LogP contribution in [-0.2, 0) is 4.79 Å². The van der Waals surface area contributed by atoms with Gasteiger partial charge in [0.2, 0.25) is 5.91 Å². The summed E-state index contributed by atoms with van der Waals surface area (Å²) in [4.78, 5) is 23.7. The fraction of sp³-hybridized carbons (Fsp3) is 0.556.